The molecule has 0 amide bonds. The van der Waals surface area contributed by atoms with Crippen LogP contribution in [-0.4, -0.2) is 6.71 Å². The van der Waals surface area contributed by atoms with E-state index in [0.717, 1.165) is 52.6 Å². The van der Waals surface area contributed by atoms with Gasteiger partial charge in [-0.05, 0) is 234 Å². The van der Waals surface area contributed by atoms with Crippen molar-refractivity contribution in [2.45, 2.75) is 221 Å². The molecular weight excluding hydrogens is 1050 g/mol. The summed E-state index contributed by atoms with van der Waals surface area (Å²) < 4.78 is 6.84. The summed E-state index contributed by atoms with van der Waals surface area (Å²) >= 11 is 0. The summed E-state index contributed by atoms with van der Waals surface area (Å²) in [6.45, 7) is 52.4. The van der Waals surface area contributed by atoms with Crippen LogP contribution in [0.2, 0.25) is 0 Å². The molecule has 0 saturated heterocycles. The Kier molecular flexibility index (Phi) is 13.1. The first-order valence-corrected chi connectivity index (χ1v) is 32.7. The van der Waals surface area contributed by atoms with E-state index in [1.165, 1.54) is 118 Å². The molecule has 0 spiro atoms. The number of fused-ring (bicyclic) bond motifs is 9. The van der Waals surface area contributed by atoms with Gasteiger partial charge in [-0.2, -0.15) is 0 Å². The van der Waals surface area contributed by atoms with E-state index in [-0.39, 0.29) is 50.0 Å². The van der Waals surface area contributed by atoms with Crippen molar-refractivity contribution in [3.8, 4) is 0 Å². The lowest BCUT2D eigenvalue weighted by molar-refractivity contribution is 0.332. The van der Waals surface area contributed by atoms with E-state index in [1.54, 1.807) is 0 Å². The summed E-state index contributed by atoms with van der Waals surface area (Å²) in [7, 11) is 0. The molecule has 0 bridgehead atoms. The van der Waals surface area contributed by atoms with E-state index >= 15 is 0 Å². The number of nitrogens with zero attached hydrogens (tertiary/aromatic N) is 3. The SMILES string of the molecule is Cc1cc(C(C)(C)C)ccc1N(c1ccc2c(c1)N(c1ccc3oc4cc(C(C)(C)C)ccc4c3c1)c1cc(C(C)(C)C)cc3c1B2c1cc2c(cc1N3c1ccc3c(c1)C(C)(C)CCC3(C)C)C(C)(C)CCC2(C)C)c1ccc(C(C)(C)C)cc1C. The van der Waals surface area contributed by atoms with E-state index < -0.39 is 0 Å². The first-order valence-electron chi connectivity index (χ1n) is 32.7. The van der Waals surface area contributed by atoms with Crippen LogP contribution in [0.25, 0.3) is 21.9 Å². The third-order valence-electron chi connectivity index (χ3n) is 21.4. The molecule has 0 atom stereocenters. The molecule has 3 heterocycles. The Morgan fingerprint density at radius 1 is 0.379 bits per heavy atom. The normalized spacial score (nSPS) is 17.4. The van der Waals surface area contributed by atoms with Gasteiger partial charge >= 0.3 is 0 Å². The van der Waals surface area contributed by atoms with E-state index in [1.807, 2.05) is 0 Å². The van der Waals surface area contributed by atoms with Crippen molar-refractivity contribution in [2.75, 3.05) is 14.7 Å². The molecule has 13 rings (SSSR count). The van der Waals surface area contributed by atoms with Gasteiger partial charge in [0, 0.05) is 62.0 Å². The predicted octanol–water partition coefficient (Wildman–Crippen LogP) is 21.6. The van der Waals surface area contributed by atoms with Gasteiger partial charge in [0.2, 0.25) is 0 Å². The Morgan fingerprint density at radius 2 is 0.839 bits per heavy atom. The molecule has 0 fully saturated rings. The minimum Gasteiger partial charge on any atom is -0.456 e. The molecule has 448 valence electrons. The summed E-state index contributed by atoms with van der Waals surface area (Å²) in [6.07, 6.45) is 4.63. The highest BCUT2D eigenvalue weighted by molar-refractivity contribution is 7.00. The zero-order valence-electron chi connectivity index (χ0n) is 56.9. The van der Waals surface area contributed by atoms with Crippen LogP contribution in [0.4, 0.5) is 51.2 Å². The fourth-order valence-corrected chi connectivity index (χ4v) is 15.4. The topological polar surface area (TPSA) is 22.9 Å². The molecule has 4 aliphatic rings. The molecule has 0 saturated carbocycles. The van der Waals surface area contributed by atoms with Crippen molar-refractivity contribution in [1.82, 2.24) is 0 Å². The standard InChI is InChI=1S/C82H96BN3O/c1-49-39-51(75(3,4)5)24-32-66(49)84(67-33-25-52(40-50(67)2)76(6,7)8)57-27-31-64-68(46-57)85(55-28-34-72-59(44-55)58-29-23-53(77(9,10)11)43-73(58)87-72)70-41-54(78(12,13)14)42-71-74(70)83(64)65-47-62-63(82(21,22)38-37-81(62,19)20)48-69(65)86(71)56-26-30-60-61(45-56)80(17,18)36-35-79(60,15)16/h23-34,39-48H,35-38H2,1-22H3. The van der Waals surface area contributed by atoms with Gasteiger partial charge in [0.15, 0.2) is 0 Å². The van der Waals surface area contributed by atoms with Crippen molar-refractivity contribution in [2.24, 2.45) is 0 Å². The van der Waals surface area contributed by atoms with Crippen molar-refractivity contribution >= 4 is 96.2 Å². The van der Waals surface area contributed by atoms with Crippen LogP contribution in [0.5, 0.6) is 0 Å². The number of benzene rings is 8. The van der Waals surface area contributed by atoms with Gasteiger partial charge in [-0.15, -0.1) is 0 Å². The Labute approximate surface area is 522 Å². The predicted molar refractivity (Wildman–Crippen MR) is 377 cm³/mol. The van der Waals surface area contributed by atoms with Gasteiger partial charge in [-0.25, -0.2) is 0 Å². The minimum absolute atomic E-state index is 0.00237. The van der Waals surface area contributed by atoms with Crippen LogP contribution in [0.15, 0.2) is 138 Å². The first-order chi connectivity index (χ1) is 40.4. The van der Waals surface area contributed by atoms with Gasteiger partial charge in [-0.1, -0.05) is 193 Å². The van der Waals surface area contributed by atoms with Gasteiger partial charge in [0.25, 0.3) is 6.71 Å². The Balaban J connectivity index is 1.15. The maximum Gasteiger partial charge on any atom is 0.252 e. The second-order valence-corrected chi connectivity index (χ2v) is 33.8. The van der Waals surface area contributed by atoms with Crippen molar-refractivity contribution in [3.05, 3.63) is 189 Å². The number of hydrogen-bond donors (Lipinski definition) is 0. The van der Waals surface area contributed by atoms with E-state index in [0.29, 0.717) is 0 Å². The van der Waals surface area contributed by atoms with Crippen molar-refractivity contribution < 1.29 is 4.42 Å². The quantitative estimate of drug-likeness (QED) is 0.160. The second-order valence-electron chi connectivity index (χ2n) is 33.8. The first kappa shape index (κ1) is 59.0. The zero-order valence-corrected chi connectivity index (χ0v) is 56.9. The number of anilines is 9. The van der Waals surface area contributed by atoms with Crippen LogP contribution in [0.3, 0.4) is 0 Å². The molecule has 9 aromatic rings. The largest absolute Gasteiger partial charge is 0.456 e. The summed E-state index contributed by atoms with van der Waals surface area (Å²) in [5, 5.41) is 2.26. The second kappa shape index (κ2) is 19.3. The van der Waals surface area contributed by atoms with Crippen molar-refractivity contribution in [1.29, 1.82) is 0 Å². The average molecular weight is 1150 g/mol. The summed E-state index contributed by atoms with van der Waals surface area (Å²) in [5.74, 6) is 0. The number of furan rings is 1. The fourth-order valence-electron chi connectivity index (χ4n) is 15.4. The monoisotopic (exact) mass is 1150 g/mol. The smallest absolute Gasteiger partial charge is 0.252 e. The maximum absolute atomic E-state index is 6.84. The molecule has 87 heavy (non-hydrogen) atoms. The van der Waals surface area contributed by atoms with E-state index in [2.05, 4.69) is 300 Å². The average Bonchev–Trinajstić information content (AvgIpc) is 0.884. The third-order valence-corrected chi connectivity index (χ3v) is 21.4. The van der Waals surface area contributed by atoms with Gasteiger partial charge in [-0.3, -0.25) is 0 Å². The van der Waals surface area contributed by atoms with Crippen LogP contribution in [0.1, 0.15) is 220 Å². The molecule has 4 nitrogen and oxygen atoms in total. The zero-order chi connectivity index (χ0) is 62.4. The minimum atomic E-state index is -0.190. The highest BCUT2D eigenvalue weighted by atomic mass is 16.3. The van der Waals surface area contributed by atoms with E-state index in [9.17, 15) is 0 Å². The van der Waals surface area contributed by atoms with Gasteiger partial charge in [0.1, 0.15) is 11.2 Å². The number of aryl methyl sites for hydroxylation is 2. The number of hydrogen-bond acceptors (Lipinski definition) is 4. The highest BCUT2D eigenvalue weighted by Gasteiger charge is 2.48. The molecule has 2 aliphatic carbocycles. The Morgan fingerprint density at radius 3 is 1.37 bits per heavy atom. The number of rotatable bonds is 5. The van der Waals surface area contributed by atoms with Crippen LogP contribution in [0, 0.1) is 13.8 Å². The summed E-state index contributed by atoms with van der Waals surface area (Å²) in [6, 6.07) is 53.8. The summed E-state index contributed by atoms with van der Waals surface area (Å²) in [4.78, 5) is 7.94. The van der Waals surface area contributed by atoms with Crippen LogP contribution in [-0.2, 0) is 43.3 Å². The molecular formula is C82H96BN3O. The fraction of sp³-hybridized carbons (Fsp3) is 0.415. The van der Waals surface area contributed by atoms with Gasteiger partial charge in [0.05, 0.1) is 0 Å². The molecule has 0 N–H and O–H groups in total. The molecule has 8 aromatic carbocycles. The molecule has 1 aromatic heterocycles. The van der Waals surface area contributed by atoms with Crippen LogP contribution >= 0.6 is 0 Å². The van der Waals surface area contributed by atoms with E-state index in [4.69, 9.17) is 4.42 Å². The van der Waals surface area contributed by atoms with Crippen molar-refractivity contribution in [3.63, 3.8) is 0 Å². The third kappa shape index (κ3) is 9.60. The lowest BCUT2D eigenvalue weighted by Gasteiger charge is -2.48. The Hall–Kier alpha value is -6.98. The van der Waals surface area contributed by atoms with Crippen LogP contribution < -0.4 is 31.1 Å². The molecule has 2 aliphatic heterocycles. The highest BCUT2D eigenvalue weighted by Crippen LogP contribution is 2.54. The summed E-state index contributed by atoms with van der Waals surface area (Å²) in [5.41, 5.74) is 30.3. The maximum atomic E-state index is 6.84. The van der Waals surface area contributed by atoms with Gasteiger partial charge < -0.3 is 19.1 Å². The molecule has 0 radical (unpaired) electrons. The lowest BCUT2D eigenvalue weighted by Crippen LogP contribution is -2.62. The Bertz CT molecular complexity index is 4260. The molecule has 0 unspecified atom stereocenters. The lowest BCUT2D eigenvalue weighted by atomic mass is 9.33. The molecule has 5 heteroatoms.